The summed E-state index contributed by atoms with van der Waals surface area (Å²) in [4.78, 5) is 13.0. The summed E-state index contributed by atoms with van der Waals surface area (Å²) in [7, 11) is 0. The largest absolute Gasteiger partial charge is 0.383 e. The van der Waals surface area contributed by atoms with Crippen LogP contribution in [-0.2, 0) is 6.54 Å². The molecule has 0 atom stereocenters. The lowest BCUT2D eigenvalue weighted by molar-refractivity contribution is 0.695. The maximum Gasteiger partial charge on any atom is 0.163 e. The molecule has 8 nitrogen and oxygen atoms in total. The van der Waals surface area contributed by atoms with E-state index in [1.807, 2.05) is 46.5 Å². The molecule has 0 saturated heterocycles. The third-order valence-electron chi connectivity index (χ3n) is 4.58. The van der Waals surface area contributed by atoms with Crippen LogP contribution in [0.25, 0.3) is 27.9 Å². The number of nitrogen functional groups attached to an aromatic ring is 1. The maximum atomic E-state index is 6.02. The Bertz CT molecular complexity index is 1270. The van der Waals surface area contributed by atoms with Crippen molar-refractivity contribution >= 4 is 22.4 Å². The Morgan fingerprint density at radius 2 is 1.96 bits per heavy atom. The lowest BCUT2D eigenvalue weighted by Gasteiger charge is -2.06. The molecule has 8 heteroatoms. The molecule has 0 bridgehead atoms. The number of hydrogen-bond donors (Lipinski definition) is 1. The molecule has 2 N–H and O–H groups in total. The minimum absolute atomic E-state index is 0.442. The molecule has 0 unspecified atom stereocenters. The number of aromatic nitrogens is 7. The van der Waals surface area contributed by atoms with Gasteiger partial charge in [0.1, 0.15) is 12.1 Å². The third kappa shape index (κ3) is 2.42. The van der Waals surface area contributed by atoms with E-state index < -0.39 is 0 Å². The van der Waals surface area contributed by atoms with Crippen molar-refractivity contribution < 1.29 is 0 Å². The highest BCUT2D eigenvalue weighted by Crippen LogP contribution is 2.28. The Balaban J connectivity index is 1.72. The van der Waals surface area contributed by atoms with Crippen LogP contribution in [0.3, 0.4) is 0 Å². The zero-order valence-corrected chi connectivity index (χ0v) is 14.6. The first-order chi connectivity index (χ1) is 13.2. The molecule has 5 heterocycles. The molecule has 132 valence electrons. The third-order valence-corrected chi connectivity index (χ3v) is 4.58. The van der Waals surface area contributed by atoms with E-state index >= 15 is 0 Å². The average molecular weight is 356 g/mol. The van der Waals surface area contributed by atoms with E-state index in [4.69, 9.17) is 5.73 Å². The lowest BCUT2D eigenvalue weighted by Crippen LogP contribution is -2.05. The first-order valence-electron chi connectivity index (χ1n) is 8.53. The topological polar surface area (TPSA) is 99.8 Å². The number of nitrogens with two attached hydrogens (primary N) is 1. The number of pyridine rings is 1. The van der Waals surface area contributed by atoms with Gasteiger partial charge in [-0.15, -0.1) is 0 Å². The van der Waals surface area contributed by atoms with E-state index in [0.29, 0.717) is 12.4 Å². The smallest absolute Gasteiger partial charge is 0.163 e. The molecule has 5 aromatic heterocycles. The maximum absolute atomic E-state index is 6.02. The summed E-state index contributed by atoms with van der Waals surface area (Å²) in [6.45, 7) is 2.44. The quantitative estimate of drug-likeness (QED) is 0.533. The summed E-state index contributed by atoms with van der Waals surface area (Å²) >= 11 is 0. The van der Waals surface area contributed by atoms with Crippen molar-refractivity contribution in [2.75, 3.05) is 5.73 Å². The van der Waals surface area contributed by atoms with E-state index in [-0.39, 0.29) is 0 Å². The summed E-state index contributed by atoms with van der Waals surface area (Å²) < 4.78 is 3.75. The van der Waals surface area contributed by atoms with E-state index in [1.165, 1.54) is 6.33 Å². The molecule has 0 amide bonds. The van der Waals surface area contributed by atoms with Gasteiger partial charge in [-0.05, 0) is 37.3 Å². The van der Waals surface area contributed by atoms with Gasteiger partial charge in [0, 0.05) is 18.0 Å². The average Bonchev–Trinajstić information content (AvgIpc) is 3.21. The monoisotopic (exact) mass is 356 g/mol. The van der Waals surface area contributed by atoms with Crippen molar-refractivity contribution in [2.45, 2.75) is 13.5 Å². The van der Waals surface area contributed by atoms with Gasteiger partial charge in [-0.1, -0.05) is 6.07 Å². The van der Waals surface area contributed by atoms with E-state index in [9.17, 15) is 0 Å². The molecule has 0 aliphatic rings. The van der Waals surface area contributed by atoms with Gasteiger partial charge in [-0.25, -0.2) is 19.2 Å². The second-order valence-corrected chi connectivity index (χ2v) is 6.29. The number of aryl methyl sites for hydroxylation is 1. The van der Waals surface area contributed by atoms with E-state index in [2.05, 4.69) is 31.2 Å². The van der Waals surface area contributed by atoms with Gasteiger partial charge in [-0.3, -0.25) is 4.98 Å². The second kappa shape index (κ2) is 5.87. The number of fused-ring (bicyclic) bond motifs is 2. The molecule has 0 aliphatic carbocycles. The van der Waals surface area contributed by atoms with Crippen molar-refractivity contribution in [3.05, 3.63) is 66.4 Å². The first-order valence-corrected chi connectivity index (χ1v) is 8.53. The van der Waals surface area contributed by atoms with Gasteiger partial charge in [0.05, 0.1) is 34.5 Å². The van der Waals surface area contributed by atoms with Crippen molar-refractivity contribution in [3.63, 3.8) is 0 Å². The second-order valence-electron chi connectivity index (χ2n) is 6.29. The van der Waals surface area contributed by atoms with Crippen LogP contribution in [0.15, 0.2) is 55.1 Å². The summed E-state index contributed by atoms with van der Waals surface area (Å²) in [5, 5.41) is 9.93. The highest BCUT2D eigenvalue weighted by atomic mass is 15.3. The van der Waals surface area contributed by atoms with Crippen LogP contribution >= 0.6 is 0 Å². The molecule has 0 aliphatic heterocycles. The minimum atomic E-state index is 0.442. The predicted molar refractivity (Wildman–Crippen MR) is 102 cm³/mol. The van der Waals surface area contributed by atoms with Crippen molar-refractivity contribution in [1.82, 2.24) is 34.3 Å². The Morgan fingerprint density at radius 1 is 1.04 bits per heavy atom. The van der Waals surface area contributed by atoms with Crippen LogP contribution in [0.1, 0.15) is 11.3 Å². The van der Waals surface area contributed by atoms with Crippen LogP contribution in [0.2, 0.25) is 0 Å². The Kier molecular flexibility index (Phi) is 3.36. The summed E-state index contributed by atoms with van der Waals surface area (Å²) in [6, 6.07) is 11.9. The van der Waals surface area contributed by atoms with Crippen LogP contribution in [0.4, 0.5) is 5.82 Å². The minimum Gasteiger partial charge on any atom is -0.383 e. The predicted octanol–water partition coefficient (Wildman–Crippen LogP) is 2.47. The summed E-state index contributed by atoms with van der Waals surface area (Å²) in [5.74, 6) is 0.442. The fourth-order valence-corrected chi connectivity index (χ4v) is 3.44. The number of rotatable bonds is 3. The van der Waals surface area contributed by atoms with E-state index in [1.54, 1.807) is 12.4 Å². The summed E-state index contributed by atoms with van der Waals surface area (Å²) in [5.41, 5.74) is 11.4. The molecule has 5 rings (SSSR count). The fraction of sp³-hybridized carbons (Fsp3) is 0.105. The molecule has 5 aromatic rings. The van der Waals surface area contributed by atoms with E-state index in [0.717, 1.165) is 39.2 Å². The molecule has 0 spiro atoms. The lowest BCUT2D eigenvalue weighted by atomic mass is 10.1. The number of hydrogen-bond acceptors (Lipinski definition) is 6. The van der Waals surface area contributed by atoms with Gasteiger partial charge >= 0.3 is 0 Å². The Morgan fingerprint density at radius 3 is 2.81 bits per heavy atom. The van der Waals surface area contributed by atoms with Gasteiger partial charge in [-0.2, -0.15) is 10.2 Å². The number of nitrogens with zero attached hydrogens (tertiary/aromatic N) is 7. The Hall–Kier alpha value is -3.81. The SMILES string of the molecule is Cc1nn(Cc2cc3cccnn3c2-c2ccccn2)c2ncnc(N)c12. The molecule has 27 heavy (non-hydrogen) atoms. The molecule has 0 aromatic carbocycles. The standard InChI is InChI=1S/C19H16N8/c1-12-16-18(20)22-11-23-19(16)26(25-12)10-13-9-14-5-4-8-24-27(14)17(13)15-6-2-3-7-21-15/h2-9,11H,10H2,1H3,(H2,20,22,23). The van der Waals surface area contributed by atoms with Gasteiger partial charge in [0.2, 0.25) is 0 Å². The molecular formula is C19H16N8. The molecular weight excluding hydrogens is 340 g/mol. The van der Waals surface area contributed by atoms with Crippen molar-refractivity contribution in [2.24, 2.45) is 0 Å². The normalized spacial score (nSPS) is 11.4. The van der Waals surface area contributed by atoms with Gasteiger partial charge in [0.25, 0.3) is 0 Å². The highest BCUT2D eigenvalue weighted by Gasteiger charge is 2.18. The Labute approximate surface area is 154 Å². The number of anilines is 1. The summed E-state index contributed by atoms with van der Waals surface area (Å²) in [6.07, 6.45) is 5.01. The molecule has 0 saturated carbocycles. The van der Waals surface area contributed by atoms with Crippen LogP contribution in [0.5, 0.6) is 0 Å². The zero-order chi connectivity index (χ0) is 18.4. The van der Waals surface area contributed by atoms with Crippen molar-refractivity contribution in [1.29, 1.82) is 0 Å². The first kappa shape index (κ1) is 15.4. The highest BCUT2D eigenvalue weighted by molar-refractivity contribution is 5.88. The van der Waals surface area contributed by atoms with Gasteiger partial charge in [0.15, 0.2) is 5.65 Å². The molecule has 0 radical (unpaired) electrons. The zero-order valence-electron chi connectivity index (χ0n) is 14.6. The fourth-order valence-electron chi connectivity index (χ4n) is 3.44. The van der Waals surface area contributed by atoms with Gasteiger partial charge < -0.3 is 5.73 Å². The molecule has 0 fully saturated rings. The van der Waals surface area contributed by atoms with Crippen LogP contribution in [-0.4, -0.2) is 34.3 Å². The van der Waals surface area contributed by atoms with Crippen LogP contribution < -0.4 is 5.73 Å². The van der Waals surface area contributed by atoms with Crippen molar-refractivity contribution in [3.8, 4) is 11.4 Å². The van der Waals surface area contributed by atoms with Crippen LogP contribution in [0, 0.1) is 6.92 Å².